The average molecular weight is 350 g/mol. The van der Waals surface area contributed by atoms with Crippen molar-refractivity contribution in [2.24, 2.45) is 0 Å². The molecule has 0 aromatic heterocycles. The monoisotopic (exact) mass is 348 g/mol. The van der Waals surface area contributed by atoms with Gasteiger partial charge < -0.3 is 4.74 Å². The van der Waals surface area contributed by atoms with Gasteiger partial charge in [-0.3, -0.25) is 0 Å². The largest absolute Gasteiger partial charge is 0.495 e. The molecule has 0 fully saturated rings. The lowest BCUT2D eigenvalue weighted by molar-refractivity contribution is 0.415. The minimum Gasteiger partial charge on any atom is -0.495 e. The maximum Gasteiger partial charge on any atom is 0.138 e. The molecule has 1 atom stereocenters. The smallest absolute Gasteiger partial charge is 0.138 e. The molecule has 0 aliphatic rings. The normalized spacial score (nSPS) is 12.3. The topological polar surface area (TPSA) is 9.23 Å². The fourth-order valence-corrected chi connectivity index (χ4v) is 3.15. The van der Waals surface area contributed by atoms with Crippen molar-refractivity contribution in [2.75, 3.05) is 7.11 Å². The summed E-state index contributed by atoms with van der Waals surface area (Å²) in [5, 5.41) is 1.11. The molecule has 2 aromatic carbocycles. The molecule has 2 rings (SSSR count). The van der Waals surface area contributed by atoms with Gasteiger partial charge in [-0.2, -0.15) is 0 Å². The van der Waals surface area contributed by atoms with Gasteiger partial charge in [0.25, 0.3) is 0 Å². The van der Waals surface area contributed by atoms with Crippen LogP contribution in [-0.4, -0.2) is 7.11 Å². The van der Waals surface area contributed by atoms with E-state index in [1.165, 1.54) is 7.11 Å². The van der Waals surface area contributed by atoms with Crippen molar-refractivity contribution >= 4 is 46.4 Å². The van der Waals surface area contributed by atoms with Crippen molar-refractivity contribution in [3.05, 3.63) is 62.1 Å². The number of rotatable bonds is 3. The number of benzene rings is 2. The van der Waals surface area contributed by atoms with E-state index in [1.54, 1.807) is 12.1 Å². The molecule has 0 bridgehead atoms. The van der Waals surface area contributed by atoms with Crippen LogP contribution in [0, 0.1) is 6.92 Å². The number of aryl methyl sites for hydroxylation is 1. The Hall–Kier alpha value is -0.600. The van der Waals surface area contributed by atoms with Crippen molar-refractivity contribution in [3.8, 4) is 5.75 Å². The molecule has 2 aromatic rings. The second-order valence-electron chi connectivity index (χ2n) is 4.35. The first-order chi connectivity index (χ1) is 9.45. The van der Waals surface area contributed by atoms with E-state index in [-0.39, 0.29) is 0 Å². The molecular formula is C15H12Cl4O. The molecule has 5 heteroatoms. The van der Waals surface area contributed by atoms with Gasteiger partial charge in [0.1, 0.15) is 5.75 Å². The molecule has 106 valence electrons. The second kappa shape index (κ2) is 6.44. The minimum absolute atomic E-state index is 0.460. The molecule has 0 saturated carbocycles. The van der Waals surface area contributed by atoms with Crippen LogP contribution in [0.5, 0.6) is 5.75 Å². The van der Waals surface area contributed by atoms with Crippen LogP contribution < -0.4 is 4.74 Å². The lowest BCUT2D eigenvalue weighted by atomic mass is 10.0. The summed E-state index contributed by atoms with van der Waals surface area (Å²) in [6.45, 7) is 1.93. The quantitative estimate of drug-likeness (QED) is 0.591. The Balaban J connectivity index is 2.51. The Kier molecular flexibility index (Phi) is 5.09. The van der Waals surface area contributed by atoms with E-state index in [2.05, 4.69) is 0 Å². The third kappa shape index (κ3) is 3.01. The first-order valence-corrected chi connectivity index (χ1v) is 7.44. The summed E-state index contributed by atoms with van der Waals surface area (Å²) in [5.41, 5.74) is 2.47. The fraction of sp³-hybridized carbons (Fsp3) is 0.200. The fourth-order valence-electron chi connectivity index (χ4n) is 1.93. The lowest BCUT2D eigenvalue weighted by Gasteiger charge is -2.16. The molecule has 1 nitrogen and oxygen atoms in total. The summed E-state index contributed by atoms with van der Waals surface area (Å²) in [6.07, 6.45) is 0. The van der Waals surface area contributed by atoms with Crippen LogP contribution in [0.4, 0.5) is 0 Å². The van der Waals surface area contributed by atoms with Gasteiger partial charge in [-0.25, -0.2) is 0 Å². The average Bonchev–Trinajstić information content (AvgIpc) is 2.43. The van der Waals surface area contributed by atoms with Gasteiger partial charge in [-0.1, -0.05) is 53.0 Å². The number of halogens is 4. The van der Waals surface area contributed by atoms with Crippen LogP contribution in [0.25, 0.3) is 0 Å². The molecule has 0 spiro atoms. The van der Waals surface area contributed by atoms with Crippen LogP contribution in [0.3, 0.4) is 0 Å². The zero-order valence-electron chi connectivity index (χ0n) is 10.9. The van der Waals surface area contributed by atoms with Gasteiger partial charge in [-0.05, 0) is 29.7 Å². The van der Waals surface area contributed by atoms with Crippen molar-refractivity contribution in [1.29, 1.82) is 0 Å². The first kappa shape index (κ1) is 15.8. The highest BCUT2D eigenvalue weighted by Gasteiger charge is 2.19. The van der Waals surface area contributed by atoms with Crippen LogP contribution in [0.2, 0.25) is 15.1 Å². The van der Waals surface area contributed by atoms with Crippen molar-refractivity contribution < 1.29 is 4.74 Å². The molecule has 20 heavy (non-hydrogen) atoms. The molecule has 0 radical (unpaired) electrons. The molecule has 0 amide bonds. The maximum atomic E-state index is 6.51. The van der Waals surface area contributed by atoms with E-state index in [0.717, 1.165) is 11.1 Å². The van der Waals surface area contributed by atoms with E-state index >= 15 is 0 Å². The van der Waals surface area contributed by atoms with E-state index in [1.807, 2.05) is 25.1 Å². The summed E-state index contributed by atoms with van der Waals surface area (Å²) < 4.78 is 5.12. The van der Waals surface area contributed by atoms with E-state index < -0.39 is 5.38 Å². The molecular weight excluding hydrogens is 338 g/mol. The predicted molar refractivity (Wildman–Crippen MR) is 86.9 cm³/mol. The maximum absolute atomic E-state index is 6.51. The van der Waals surface area contributed by atoms with Crippen LogP contribution >= 0.6 is 46.4 Å². The summed E-state index contributed by atoms with van der Waals surface area (Å²) in [6, 6.07) is 9.07. The van der Waals surface area contributed by atoms with Crippen LogP contribution in [-0.2, 0) is 0 Å². The number of ether oxygens (including phenoxy) is 1. The van der Waals surface area contributed by atoms with Gasteiger partial charge in [-0.15, -0.1) is 11.6 Å². The highest BCUT2D eigenvalue weighted by molar-refractivity contribution is 6.37. The number of hydrogen-bond acceptors (Lipinski definition) is 1. The molecule has 0 aliphatic heterocycles. The van der Waals surface area contributed by atoms with Gasteiger partial charge in [0.05, 0.1) is 17.5 Å². The second-order valence-corrected chi connectivity index (χ2v) is 5.98. The third-order valence-corrected chi connectivity index (χ3v) is 4.65. The van der Waals surface area contributed by atoms with Crippen molar-refractivity contribution in [3.63, 3.8) is 0 Å². The zero-order valence-corrected chi connectivity index (χ0v) is 13.9. The first-order valence-electron chi connectivity index (χ1n) is 5.87. The summed E-state index contributed by atoms with van der Waals surface area (Å²) in [5.74, 6) is 0.514. The highest BCUT2D eigenvalue weighted by Crippen LogP contribution is 2.41. The molecule has 0 N–H and O–H groups in total. The highest BCUT2D eigenvalue weighted by atomic mass is 35.5. The summed E-state index contributed by atoms with van der Waals surface area (Å²) >= 11 is 25.2. The Morgan fingerprint density at radius 1 is 1.00 bits per heavy atom. The van der Waals surface area contributed by atoms with Crippen LogP contribution in [0.15, 0.2) is 30.3 Å². The summed E-state index contributed by atoms with van der Waals surface area (Å²) in [4.78, 5) is 0. The molecule has 0 aliphatic carbocycles. The third-order valence-electron chi connectivity index (χ3n) is 3.04. The van der Waals surface area contributed by atoms with Crippen molar-refractivity contribution in [2.45, 2.75) is 12.3 Å². The SMILES string of the molecule is COc1cc(Cl)c(C(Cl)c2cccc(C)c2Cl)cc1Cl. The number of methoxy groups -OCH3 is 1. The number of alkyl halides is 1. The Morgan fingerprint density at radius 2 is 1.70 bits per heavy atom. The Morgan fingerprint density at radius 3 is 2.35 bits per heavy atom. The van der Waals surface area contributed by atoms with E-state index in [9.17, 15) is 0 Å². The van der Waals surface area contributed by atoms with Crippen LogP contribution in [0.1, 0.15) is 22.1 Å². The van der Waals surface area contributed by atoms with Gasteiger partial charge in [0, 0.05) is 16.1 Å². The standard InChI is InChI=1S/C15H12Cl4O/c1-8-4-3-5-9(14(8)18)15(19)10-6-12(17)13(20-2)7-11(10)16/h3-7,15H,1-2H3. The molecule has 0 saturated heterocycles. The number of hydrogen-bond donors (Lipinski definition) is 0. The summed E-state index contributed by atoms with van der Waals surface area (Å²) in [7, 11) is 1.53. The van der Waals surface area contributed by atoms with Gasteiger partial charge in [0.15, 0.2) is 0 Å². The molecule has 0 heterocycles. The molecule has 1 unspecified atom stereocenters. The Bertz CT molecular complexity index is 640. The van der Waals surface area contributed by atoms with Gasteiger partial charge in [0.2, 0.25) is 0 Å². The van der Waals surface area contributed by atoms with Crippen molar-refractivity contribution in [1.82, 2.24) is 0 Å². The predicted octanol–water partition coefficient (Wildman–Crippen LogP) is 6.29. The van der Waals surface area contributed by atoms with Gasteiger partial charge >= 0.3 is 0 Å². The lowest BCUT2D eigenvalue weighted by Crippen LogP contribution is -1.98. The van der Waals surface area contributed by atoms with E-state index in [0.29, 0.717) is 26.4 Å². The Labute approximate surface area is 138 Å². The van der Waals surface area contributed by atoms with E-state index in [4.69, 9.17) is 51.1 Å². The zero-order chi connectivity index (χ0) is 14.9. The minimum atomic E-state index is -0.474.